The number of carboxylic acid groups (broad SMARTS) is 1. The first-order valence-corrected chi connectivity index (χ1v) is 8.97. The fourth-order valence-electron chi connectivity index (χ4n) is 3.33. The molecule has 0 spiro atoms. The van der Waals surface area contributed by atoms with Crippen LogP contribution in [0, 0.1) is 6.57 Å². The highest BCUT2D eigenvalue weighted by atomic mass is 16.5. The van der Waals surface area contributed by atoms with Crippen LogP contribution >= 0.6 is 0 Å². The summed E-state index contributed by atoms with van der Waals surface area (Å²) < 4.78 is 6.75. The number of nitrogens with zero attached hydrogens (tertiary/aromatic N) is 3. The number of rotatable bonds is 6. The predicted octanol–water partition coefficient (Wildman–Crippen LogP) is -0.286. The van der Waals surface area contributed by atoms with Gasteiger partial charge in [-0.3, -0.25) is 9.48 Å². The van der Waals surface area contributed by atoms with Gasteiger partial charge in [0, 0.05) is 18.5 Å². The number of aliphatic carboxylic acids is 1. The highest BCUT2D eigenvalue weighted by Gasteiger charge is 2.44. The molecule has 2 heterocycles. The minimum Gasteiger partial charge on any atom is -0.478 e. The molecule has 0 unspecified atom stereocenters. The maximum Gasteiger partial charge on any atom is 0.370 e. The number of amides is 1. The molecule has 0 aliphatic carbocycles. The second-order valence-corrected chi connectivity index (χ2v) is 6.84. The Bertz CT molecular complexity index is 1040. The van der Waals surface area contributed by atoms with Crippen molar-refractivity contribution >= 4 is 28.5 Å². The number of nitrogens with one attached hydrogen (secondary N) is 1. The molecule has 0 saturated carbocycles. The van der Waals surface area contributed by atoms with Gasteiger partial charge in [0.2, 0.25) is 11.7 Å². The van der Waals surface area contributed by atoms with Crippen molar-refractivity contribution in [2.75, 3.05) is 6.61 Å². The summed E-state index contributed by atoms with van der Waals surface area (Å²) in [5.41, 5.74) is 0.855. The van der Waals surface area contributed by atoms with Crippen LogP contribution in [0.1, 0.15) is 13.0 Å². The molecule has 2 aromatic rings. The van der Waals surface area contributed by atoms with E-state index in [1.54, 1.807) is 24.4 Å². The average molecular weight is 416 g/mol. The van der Waals surface area contributed by atoms with E-state index in [1.165, 1.54) is 17.7 Å². The standard InChI is InChI=1S/C19H20N4O7/c1-9(25)21-16-13(23-7-10-3-4-11(20-2)5-12(10)22-23)6-15(19(28)29)30-18(16)17(27)14(26)8-24/h3-7,13-14,16-18,24,26-27H,8H2,1H3,(H,21,25)(H,28,29)/t13-,14+,16+,17+,18+/m0/s1. The summed E-state index contributed by atoms with van der Waals surface area (Å²) in [6.45, 7) is 7.56. The normalized spacial score (nSPS) is 23.0. The first kappa shape index (κ1) is 21.3. The van der Waals surface area contributed by atoms with Crippen molar-refractivity contribution in [1.82, 2.24) is 15.1 Å². The van der Waals surface area contributed by atoms with E-state index >= 15 is 0 Å². The first-order valence-electron chi connectivity index (χ1n) is 8.97. The summed E-state index contributed by atoms with van der Waals surface area (Å²) in [6, 6.07) is 2.94. The van der Waals surface area contributed by atoms with Crippen LogP contribution in [0.3, 0.4) is 0 Å². The van der Waals surface area contributed by atoms with Gasteiger partial charge in [-0.1, -0.05) is 12.1 Å². The second-order valence-electron chi connectivity index (χ2n) is 6.84. The highest BCUT2D eigenvalue weighted by Crippen LogP contribution is 2.31. The van der Waals surface area contributed by atoms with Crippen molar-refractivity contribution in [3.63, 3.8) is 0 Å². The topological polar surface area (TPSA) is 158 Å². The number of carboxylic acids is 1. The molecule has 0 saturated heterocycles. The lowest BCUT2D eigenvalue weighted by atomic mass is 9.92. The number of hydrogen-bond donors (Lipinski definition) is 5. The molecule has 3 rings (SSSR count). The van der Waals surface area contributed by atoms with Gasteiger partial charge < -0.3 is 30.5 Å². The quantitative estimate of drug-likeness (QED) is 0.402. The number of ether oxygens (including phenoxy) is 1. The van der Waals surface area contributed by atoms with Crippen LogP contribution in [0.25, 0.3) is 15.7 Å². The Labute approximate surface area is 170 Å². The molecular weight excluding hydrogens is 396 g/mol. The molecule has 5 N–H and O–H groups in total. The molecular formula is C19H20N4O7. The summed E-state index contributed by atoms with van der Waals surface area (Å²) in [7, 11) is 0. The van der Waals surface area contributed by atoms with E-state index in [9.17, 15) is 30.0 Å². The van der Waals surface area contributed by atoms with Gasteiger partial charge in [0.25, 0.3) is 0 Å². The Balaban J connectivity index is 2.11. The molecule has 5 atom stereocenters. The van der Waals surface area contributed by atoms with Crippen LogP contribution in [0.4, 0.5) is 5.69 Å². The number of benzene rings is 1. The molecule has 1 aromatic heterocycles. The summed E-state index contributed by atoms with van der Waals surface area (Å²) in [5.74, 6) is -2.40. The van der Waals surface area contributed by atoms with Gasteiger partial charge in [-0.05, 0) is 12.1 Å². The molecule has 11 nitrogen and oxygen atoms in total. The van der Waals surface area contributed by atoms with Gasteiger partial charge in [-0.25, -0.2) is 9.64 Å². The zero-order valence-corrected chi connectivity index (χ0v) is 15.8. The number of aliphatic hydroxyl groups is 3. The molecule has 1 aromatic carbocycles. The molecule has 0 fully saturated rings. The predicted molar refractivity (Wildman–Crippen MR) is 102 cm³/mol. The van der Waals surface area contributed by atoms with Crippen LogP contribution in [0.5, 0.6) is 0 Å². The second kappa shape index (κ2) is 8.50. The number of aliphatic hydroxyl groups excluding tert-OH is 3. The maximum atomic E-state index is 11.8. The molecule has 158 valence electrons. The van der Waals surface area contributed by atoms with Crippen LogP contribution in [0.2, 0.25) is 0 Å². The van der Waals surface area contributed by atoms with E-state index in [0.29, 0.717) is 16.6 Å². The van der Waals surface area contributed by atoms with E-state index in [0.717, 1.165) is 0 Å². The molecule has 0 bridgehead atoms. The summed E-state index contributed by atoms with van der Waals surface area (Å²) in [5, 5.41) is 46.6. The Kier molecular flexibility index (Phi) is 6.02. The Morgan fingerprint density at radius 1 is 1.40 bits per heavy atom. The lowest BCUT2D eigenvalue weighted by Gasteiger charge is -2.39. The van der Waals surface area contributed by atoms with E-state index in [4.69, 9.17) is 11.3 Å². The third-order valence-corrected chi connectivity index (χ3v) is 4.75. The Morgan fingerprint density at radius 2 is 2.13 bits per heavy atom. The number of carbonyl (C=O) groups is 2. The van der Waals surface area contributed by atoms with Crippen LogP contribution < -0.4 is 5.32 Å². The monoisotopic (exact) mass is 416 g/mol. The zero-order chi connectivity index (χ0) is 22.0. The van der Waals surface area contributed by atoms with Gasteiger partial charge >= 0.3 is 5.97 Å². The third kappa shape index (κ3) is 4.11. The summed E-state index contributed by atoms with van der Waals surface area (Å²) >= 11 is 0. The molecule has 0 radical (unpaired) electrons. The van der Waals surface area contributed by atoms with Crippen molar-refractivity contribution in [2.24, 2.45) is 0 Å². The first-order chi connectivity index (χ1) is 14.2. The maximum absolute atomic E-state index is 11.8. The van der Waals surface area contributed by atoms with Gasteiger partial charge in [-0.2, -0.15) is 5.10 Å². The molecule has 1 aliphatic heterocycles. The number of aromatic nitrogens is 2. The Hall–Kier alpha value is -3.46. The van der Waals surface area contributed by atoms with Crippen LogP contribution in [-0.2, 0) is 14.3 Å². The number of hydrogen-bond acceptors (Lipinski definition) is 7. The van der Waals surface area contributed by atoms with Crippen LogP contribution in [-0.4, -0.2) is 73.0 Å². The minimum absolute atomic E-state index is 0.374. The SMILES string of the molecule is [C-]#[N+]c1ccc2cn([C@H]3C=C(C(=O)O)O[C@@H]([C@H](O)[C@H](O)CO)[C@@H]3NC(C)=O)nc2c1. The van der Waals surface area contributed by atoms with Crippen molar-refractivity contribution < 1.29 is 34.8 Å². The smallest absolute Gasteiger partial charge is 0.370 e. The fraction of sp³-hybridized carbons (Fsp3) is 0.368. The highest BCUT2D eigenvalue weighted by molar-refractivity contribution is 5.85. The fourth-order valence-corrected chi connectivity index (χ4v) is 3.33. The zero-order valence-electron chi connectivity index (χ0n) is 15.8. The molecule has 30 heavy (non-hydrogen) atoms. The van der Waals surface area contributed by atoms with Crippen LogP contribution in [0.15, 0.2) is 36.2 Å². The van der Waals surface area contributed by atoms with E-state index in [2.05, 4.69) is 15.3 Å². The number of carbonyl (C=O) groups excluding carboxylic acids is 1. The lowest BCUT2D eigenvalue weighted by Crippen LogP contribution is -2.58. The largest absolute Gasteiger partial charge is 0.478 e. The van der Waals surface area contributed by atoms with E-state index < -0.39 is 54.6 Å². The molecule has 1 aliphatic rings. The van der Waals surface area contributed by atoms with Gasteiger partial charge in [0.1, 0.15) is 18.3 Å². The van der Waals surface area contributed by atoms with Gasteiger partial charge in [0.15, 0.2) is 5.69 Å². The van der Waals surface area contributed by atoms with Crippen molar-refractivity contribution in [1.29, 1.82) is 0 Å². The van der Waals surface area contributed by atoms with Crippen molar-refractivity contribution in [3.8, 4) is 0 Å². The third-order valence-electron chi connectivity index (χ3n) is 4.75. The van der Waals surface area contributed by atoms with Gasteiger partial charge in [-0.15, -0.1) is 0 Å². The van der Waals surface area contributed by atoms with Crippen molar-refractivity contribution in [3.05, 3.63) is 47.6 Å². The number of fused-ring (bicyclic) bond motifs is 1. The molecule has 11 heteroatoms. The molecule has 1 amide bonds. The summed E-state index contributed by atoms with van der Waals surface area (Å²) in [4.78, 5) is 26.7. The summed E-state index contributed by atoms with van der Waals surface area (Å²) in [6.07, 6.45) is -1.87. The van der Waals surface area contributed by atoms with Crippen molar-refractivity contribution in [2.45, 2.75) is 37.3 Å². The van der Waals surface area contributed by atoms with Gasteiger partial charge in [0.05, 0.1) is 30.8 Å². The lowest BCUT2D eigenvalue weighted by molar-refractivity contribution is -0.147. The average Bonchev–Trinajstić information content (AvgIpc) is 3.15. The Morgan fingerprint density at radius 3 is 2.73 bits per heavy atom. The van der Waals surface area contributed by atoms with E-state index in [-0.39, 0.29) is 0 Å². The minimum atomic E-state index is -1.70. The van der Waals surface area contributed by atoms with E-state index in [1.807, 2.05) is 0 Å².